The standard InChI is InChI=1S/C25H22P2.C8H19P.4CO.HN2O2.2Ru/c1-5-13-22(14-6-1)26(23-15-7-2-8-16-23)21-27(24-17-9-3-10-18-24)25-19-11-4-12-20-25;1-7(2,3)9-8(4,5)6;4*1-2;3-1-2-4;;/h1-20H,21H2;9H,1-6H3;;;;;(H-,1,2,3,4);;/q;;;;;;-1;;. The van der Waals surface area contributed by atoms with Crippen LogP contribution in [0.5, 0.6) is 0 Å². The quantitative estimate of drug-likeness (QED) is 0.0500. The minimum atomic E-state index is -0.409. The molecular weight excluding hydrogens is 863 g/mol. The van der Waals surface area contributed by atoms with Gasteiger partial charge in [0.15, 0.2) is 0 Å². The maximum Gasteiger partial charge on any atom is 0.00405 e. The summed E-state index contributed by atoms with van der Waals surface area (Å²) in [5.74, 6) is 1.17. The van der Waals surface area contributed by atoms with Gasteiger partial charge in [-0.2, -0.15) is 0 Å². The molecule has 4 aromatic rings. The molecule has 0 radical (unpaired) electrons. The molecule has 13 heteroatoms. The Labute approximate surface area is 328 Å². The van der Waals surface area contributed by atoms with Gasteiger partial charge in [-0.3, -0.25) is 0 Å². The first-order chi connectivity index (χ1) is 23.0. The third-order valence-electron chi connectivity index (χ3n) is 5.34. The van der Waals surface area contributed by atoms with Crippen molar-refractivity contribution in [3.05, 3.63) is 158 Å². The van der Waals surface area contributed by atoms with Gasteiger partial charge in [-0.15, -0.1) is 13.5 Å². The van der Waals surface area contributed by atoms with Crippen LogP contribution in [0.1, 0.15) is 41.5 Å². The normalized spacial score (nSPS) is 9.06. The Morgan fingerprint density at radius 1 is 0.540 bits per heavy atom. The molecular formula is C37H42N2O6P3Ru2-. The van der Waals surface area contributed by atoms with Crippen molar-refractivity contribution in [2.45, 2.75) is 51.9 Å². The average molecular weight is 906 g/mol. The molecule has 0 aliphatic heterocycles. The number of hydrogen-bond acceptors (Lipinski definition) is 3. The summed E-state index contributed by atoms with van der Waals surface area (Å²) in [5, 5.41) is 17.1. The van der Waals surface area contributed by atoms with Crippen molar-refractivity contribution in [3.8, 4) is 0 Å². The molecule has 4 aromatic carbocycles. The fourth-order valence-electron chi connectivity index (χ4n) is 4.32. The van der Waals surface area contributed by atoms with E-state index in [1.54, 1.807) is 5.29 Å². The van der Waals surface area contributed by atoms with Crippen molar-refractivity contribution < 1.29 is 57.6 Å². The van der Waals surface area contributed by atoms with Crippen LogP contribution in [-0.4, -0.2) is 16.2 Å². The Morgan fingerprint density at radius 2 is 0.720 bits per heavy atom. The van der Waals surface area contributed by atoms with Crippen LogP contribution >= 0.6 is 24.4 Å². The average Bonchev–Trinajstić information content (AvgIpc) is 3.12. The zero-order valence-electron chi connectivity index (χ0n) is 28.8. The first-order valence-electron chi connectivity index (χ1n) is 14.1. The Hall–Kier alpha value is -2.26. The zero-order valence-corrected chi connectivity index (χ0v) is 35.0. The Kier molecular flexibility index (Phi) is 41.7. The van der Waals surface area contributed by atoms with E-state index in [9.17, 15) is 0 Å². The van der Waals surface area contributed by atoms with Crippen LogP contribution < -0.4 is 26.8 Å². The summed E-state index contributed by atoms with van der Waals surface area (Å²) < 4.78 is 30.0. The number of nitrogens with zero attached hydrogens (tertiary/aromatic N) is 1. The van der Waals surface area contributed by atoms with Crippen LogP contribution in [0, 0.1) is 36.7 Å². The summed E-state index contributed by atoms with van der Waals surface area (Å²) in [4.78, 5) is 8.50. The molecule has 0 spiro atoms. The van der Waals surface area contributed by atoms with E-state index in [2.05, 4.69) is 189 Å². The van der Waals surface area contributed by atoms with Crippen molar-refractivity contribution in [2.75, 3.05) is 5.90 Å². The smallest absolute Gasteiger partial charge is 0.00405 e. The zero-order chi connectivity index (χ0) is 37.4. The topological polar surface area (TPSA) is 144 Å². The first-order valence-corrected chi connectivity index (χ1v) is 18.2. The molecule has 8 nitrogen and oxygen atoms in total. The van der Waals surface area contributed by atoms with Crippen molar-refractivity contribution in [2.24, 2.45) is 5.29 Å². The van der Waals surface area contributed by atoms with Gasteiger partial charge < -0.3 is 10.8 Å². The largest absolute Gasteiger partial charge is 0.0622 e. The van der Waals surface area contributed by atoms with Crippen LogP contribution in [-0.2, 0) is 57.6 Å². The summed E-state index contributed by atoms with van der Waals surface area (Å²) in [6.45, 7) is 31.8. The molecule has 50 heavy (non-hydrogen) atoms. The number of nitrogens with one attached hydrogen (secondary N) is 1. The van der Waals surface area contributed by atoms with Crippen LogP contribution in [0.15, 0.2) is 127 Å². The molecule has 0 atom stereocenters. The summed E-state index contributed by atoms with van der Waals surface area (Å²) in [6, 6.07) is 44.1. The van der Waals surface area contributed by atoms with Gasteiger partial charge in [0.25, 0.3) is 0 Å². The second-order valence-corrected chi connectivity index (χ2v) is 19.3. The Morgan fingerprint density at radius 3 is 0.840 bits per heavy atom. The van der Waals surface area contributed by atoms with Gasteiger partial charge in [0.1, 0.15) is 0 Å². The minimum Gasteiger partial charge on any atom is -0.0622 e. The molecule has 0 aromatic heterocycles. The van der Waals surface area contributed by atoms with E-state index in [0.29, 0.717) is 10.3 Å². The molecule has 0 unspecified atom stereocenters. The summed E-state index contributed by atoms with van der Waals surface area (Å²) in [7, 11) is 0.234. The third-order valence-corrected chi connectivity index (χ3v) is 12.8. The fraction of sp³-hybridized carbons (Fsp3) is 0.243. The summed E-state index contributed by atoms with van der Waals surface area (Å²) in [5.41, 5.74) is 0.750. The van der Waals surface area contributed by atoms with Gasteiger partial charge in [0, 0.05) is 50.1 Å². The van der Waals surface area contributed by atoms with Gasteiger partial charge in [0.05, 0.1) is 0 Å². The first kappa shape index (κ1) is 57.1. The third kappa shape index (κ3) is 28.4. The van der Waals surface area contributed by atoms with Crippen LogP contribution in [0.2, 0.25) is 0 Å². The van der Waals surface area contributed by atoms with Gasteiger partial charge in [0.2, 0.25) is 0 Å². The molecule has 0 saturated carbocycles. The summed E-state index contributed by atoms with van der Waals surface area (Å²) >= 11 is 0. The predicted molar refractivity (Wildman–Crippen MR) is 199 cm³/mol. The van der Waals surface area contributed by atoms with Crippen LogP contribution in [0.25, 0.3) is 0 Å². The molecule has 0 fully saturated rings. The maximum absolute atomic E-state index is 8.57. The van der Waals surface area contributed by atoms with Crippen LogP contribution in [0.3, 0.4) is 0 Å². The molecule has 0 aliphatic carbocycles. The van der Waals surface area contributed by atoms with E-state index in [0.717, 1.165) is 14.2 Å². The van der Waals surface area contributed by atoms with E-state index in [-0.39, 0.29) is 39.0 Å². The van der Waals surface area contributed by atoms with E-state index < -0.39 is 15.8 Å². The van der Waals surface area contributed by atoms with Crippen molar-refractivity contribution in [1.82, 2.24) is 5.59 Å². The molecule has 1 N–H and O–H groups in total. The SMILES string of the molecule is CC(C)(C)PC(C)(C)C.O=NN[O-].[C-]#[O+].[C-]#[O+].[C-]#[O+].[C-]#[O+].[Ru].[Ru].c1ccc(P(CP(c2ccccc2)c2ccccc2)c2ccccc2)cc1. The van der Waals surface area contributed by atoms with Crippen molar-refractivity contribution in [3.63, 3.8) is 0 Å². The molecule has 0 bridgehead atoms. The molecule has 0 saturated heterocycles. The fourth-order valence-corrected chi connectivity index (χ4v) is 13.0. The number of rotatable bonds is 7. The Balaban J connectivity index is -0.000000247. The van der Waals surface area contributed by atoms with E-state index in [4.69, 9.17) is 28.7 Å². The number of hydrogen-bond donors (Lipinski definition) is 1. The monoisotopic (exact) mass is 907 g/mol. The van der Waals surface area contributed by atoms with Gasteiger partial charge in [-0.25, -0.2) is 0 Å². The predicted octanol–water partition coefficient (Wildman–Crippen LogP) is 8.07. The van der Waals surface area contributed by atoms with Crippen molar-refractivity contribution >= 4 is 45.6 Å². The van der Waals surface area contributed by atoms with E-state index >= 15 is 0 Å². The minimum absolute atomic E-state index is 0. The molecule has 0 amide bonds. The number of benzene rings is 4. The molecule has 4 rings (SSSR count). The maximum atomic E-state index is 8.57. The van der Waals surface area contributed by atoms with Gasteiger partial charge >= 0.3 is 45.2 Å². The molecule has 0 heterocycles. The van der Waals surface area contributed by atoms with Crippen LogP contribution in [0.4, 0.5) is 0 Å². The second-order valence-electron chi connectivity index (χ2n) is 11.1. The number of nitroso groups, excluding NO2 is 1. The van der Waals surface area contributed by atoms with E-state index in [1.807, 2.05) is 0 Å². The Bertz CT molecular complexity index is 1220. The van der Waals surface area contributed by atoms with Gasteiger partial charge in [-0.1, -0.05) is 163 Å². The summed E-state index contributed by atoms with van der Waals surface area (Å²) in [6.07, 6.45) is 0. The van der Waals surface area contributed by atoms with Gasteiger partial charge in [-0.05, 0) is 47.4 Å². The van der Waals surface area contributed by atoms with Crippen molar-refractivity contribution in [1.29, 1.82) is 0 Å². The molecule has 268 valence electrons. The van der Waals surface area contributed by atoms with E-state index in [1.165, 1.54) is 27.1 Å². The second kappa shape index (κ2) is 36.5. The molecule has 0 aliphatic rings.